The van der Waals surface area contributed by atoms with Crippen LogP contribution >= 0.6 is 11.8 Å². The van der Waals surface area contributed by atoms with Crippen LogP contribution in [0.3, 0.4) is 0 Å². The Bertz CT molecular complexity index is 1060. The molecule has 0 aliphatic rings. The van der Waals surface area contributed by atoms with Crippen molar-refractivity contribution in [3.63, 3.8) is 0 Å². The SMILES string of the molecule is CCCCCCc1ccc(C(SCCC(=O)O)(c2ccccc2)[c-]2cccc2)cc1.[Fe].[cH-]1[cH-][cH-][cH-][cH-]1. The predicted molar refractivity (Wildman–Crippen MR) is 149 cm³/mol. The van der Waals surface area contributed by atoms with Gasteiger partial charge in [-0.05, 0) is 29.5 Å². The summed E-state index contributed by atoms with van der Waals surface area (Å²) in [4.78, 5) is 11.2. The average molecular weight is 541 g/mol. The third kappa shape index (κ3) is 8.55. The molecule has 0 saturated carbocycles. The van der Waals surface area contributed by atoms with E-state index in [2.05, 4.69) is 79.7 Å². The number of rotatable bonds is 12. The number of benzene rings is 2. The maximum Gasteiger partial charge on any atom is 0.304 e. The van der Waals surface area contributed by atoms with Gasteiger partial charge in [0.2, 0.25) is 0 Å². The first-order valence-corrected chi connectivity index (χ1v) is 13.5. The maximum atomic E-state index is 11.2. The van der Waals surface area contributed by atoms with Crippen LogP contribution in [-0.2, 0) is 33.0 Å². The minimum Gasteiger partial charge on any atom is -0.748 e. The Labute approximate surface area is 231 Å². The number of hydrogen-bond acceptors (Lipinski definition) is 2. The van der Waals surface area contributed by atoms with E-state index in [4.69, 9.17) is 0 Å². The summed E-state index contributed by atoms with van der Waals surface area (Å²) in [6.07, 6.45) is 6.33. The molecule has 0 spiro atoms. The van der Waals surface area contributed by atoms with Crippen LogP contribution in [0.5, 0.6) is 0 Å². The van der Waals surface area contributed by atoms with Crippen LogP contribution in [0, 0.1) is 0 Å². The number of carbonyl (C=O) groups is 1. The number of carboxylic acid groups (broad SMARTS) is 1. The fraction of sp³-hybridized carbons (Fsp3) is 0.281. The quantitative estimate of drug-likeness (QED) is 0.111. The smallest absolute Gasteiger partial charge is 0.304 e. The summed E-state index contributed by atoms with van der Waals surface area (Å²) in [7, 11) is 0. The van der Waals surface area contributed by atoms with Crippen molar-refractivity contribution >= 4 is 17.7 Å². The van der Waals surface area contributed by atoms with E-state index in [1.54, 1.807) is 11.8 Å². The summed E-state index contributed by atoms with van der Waals surface area (Å²) in [6.45, 7) is 2.24. The number of aliphatic carboxylic acids is 1. The summed E-state index contributed by atoms with van der Waals surface area (Å²) in [5.41, 5.74) is 4.95. The van der Waals surface area contributed by atoms with Gasteiger partial charge in [-0.1, -0.05) is 80.8 Å². The second-order valence-corrected chi connectivity index (χ2v) is 9.99. The fourth-order valence-electron chi connectivity index (χ4n) is 4.31. The summed E-state index contributed by atoms with van der Waals surface area (Å²) < 4.78 is -0.416. The van der Waals surface area contributed by atoms with Crippen LogP contribution in [-0.4, -0.2) is 16.8 Å². The summed E-state index contributed by atoms with van der Waals surface area (Å²) in [6, 6.07) is 37.9. The van der Waals surface area contributed by atoms with Crippen molar-refractivity contribution in [2.24, 2.45) is 0 Å². The molecule has 36 heavy (non-hydrogen) atoms. The Morgan fingerprint density at radius 2 is 1.42 bits per heavy atom. The van der Waals surface area contributed by atoms with E-state index < -0.39 is 10.7 Å². The Morgan fingerprint density at radius 3 is 1.97 bits per heavy atom. The van der Waals surface area contributed by atoms with Gasteiger partial charge in [0.15, 0.2) is 0 Å². The van der Waals surface area contributed by atoms with E-state index in [-0.39, 0.29) is 23.5 Å². The molecule has 0 fully saturated rings. The molecule has 2 nitrogen and oxygen atoms in total. The molecule has 1 N–H and O–H groups in total. The maximum absolute atomic E-state index is 11.2. The molecule has 0 radical (unpaired) electrons. The zero-order valence-corrected chi connectivity index (χ0v) is 22.9. The first-order chi connectivity index (χ1) is 17.2. The van der Waals surface area contributed by atoms with Gasteiger partial charge in [-0.3, -0.25) is 4.79 Å². The first-order valence-electron chi connectivity index (χ1n) is 12.6. The minimum absolute atomic E-state index is 0. The number of unbranched alkanes of at least 4 members (excludes halogenated alkanes) is 3. The zero-order chi connectivity index (χ0) is 24.8. The molecule has 0 aromatic heterocycles. The van der Waals surface area contributed by atoms with E-state index in [0.717, 1.165) is 6.42 Å². The van der Waals surface area contributed by atoms with Crippen molar-refractivity contribution < 1.29 is 27.0 Å². The van der Waals surface area contributed by atoms with Gasteiger partial charge in [-0.15, -0.1) is 5.56 Å². The van der Waals surface area contributed by atoms with Crippen LogP contribution in [0.15, 0.2) is 109 Å². The predicted octanol–water partition coefficient (Wildman–Crippen LogP) is 8.43. The normalized spacial score (nSPS) is 12.0. The molecule has 0 saturated heterocycles. The third-order valence-electron chi connectivity index (χ3n) is 6.12. The fourth-order valence-corrected chi connectivity index (χ4v) is 5.80. The van der Waals surface area contributed by atoms with Crippen molar-refractivity contribution in [1.82, 2.24) is 0 Å². The van der Waals surface area contributed by atoms with Gasteiger partial charge in [0.1, 0.15) is 0 Å². The number of hydrogen-bond donors (Lipinski definition) is 1. The Balaban J connectivity index is 0.000000678. The van der Waals surface area contributed by atoms with Gasteiger partial charge in [-0.25, -0.2) is 12.1 Å². The van der Waals surface area contributed by atoms with Crippen molar-refractivity contribution in [2.45, 2.75) is 50.2 Å². The van der Waals surface area contributed by atoms with Crippen LogP contribution in [0.4, 0.5) is 0 Å². The van der Waals surface area contributed by atoms with Gasteiger partial charge in [-0.2, -0.15) is 23.9 Å². The molecule has 4 rings (SSSR count). The third-order valence-corrected chi connectivity index (χ3v) is 7.67. The second kappa shape index (κ2) is 16.3. The minimum atomic E-state index is -0.755. The van der Waals surface area contributed by atoms with Gasteiger partial charge >= 0.3 is 5.97 Å². The summed E-state index contributed by atoms with van der Waals surface area (Å²) >= 11 is 1.71. The van der Waals surface area contributed by atoms with E-state index in [1.165, 1.54) is 47.9 Å². The van der Waals surface area contributed by atoms with E-state index >= 15 is 0 Å². The molecule has 0 amide bonds. The van der Waals surface area contributed by atoms with E-state index in [1.807, 2.05) is 36.4 Å². The molecule has 4 heteroatoms. The molecule has 4 aromatic rings. The topological polar surface area (TPSA) is 37.3 Å². The van der Waals surface area contributed by atoms with Crippen LogP contribution in [0.25, 0.3) is 0 Å². The van der Waals surface area contributed by atoms with Crippen LogP contribution < -0.4 is 0 Å². The largest absolute Gasteiger partial charge is 0.748 e. The zero-order valence-electron chi connectivity index (χ0n) is 21.0. The summed E-state index contributed by atoms with van der Waals surface area (Å²) in [5, 5.41) is 9.23. The van der Waals surface area contributed by atoms with Crippen molar-refractivity contribution in [3.8, 4) is 0 Å². The first kappa shape index (κ1) is 29.7. The van der Waals surface area contributed by atoms with Crippen LogP contribution in [0.1, 0.15) is 61.3 Å². The standard InChI is InChI=1S/C27H31O2S.C5H5.Fe/c1-2-3-4-6-11-22-16-18-25(19-17-22)27(24-14-9-10-15-24,30-21-20-26(28)29)23-12-7-5-8-13-23;1-2-4-5-3-1;/h5,7-10,12-19H,2-4,6,11,20-21H2,1H3,(H,28,29);1-5H;/q-1;-5;. The number of thioether (sulfide) groups is 1. The molecular weight excluding hydrogens is 504 g/mol. The van der Waals surface area contributed by atoms with Crippen molar-refractivity contribution in [2.75, 3.05) is 5.75 Å². The average Bonchev–Trinajstić information content (AvgIpc) is 3.63. The van der Waals surface area contributed by atoms with Crippen molar-refractivity contribution in [3.05, 3.63) is 131 Å². The molecule has 0 bridgehead atoms. The van der Waals surface area contributed by atoms with Gasteiger partial charge < -0.3 is 35.4 Å². The van der Waals surface area contributed by atoms with E-state index in [9.17, 15) is 9.90 Å². The van der Waals surface area contributed by atoms with Gasteiger partial charge in [0.05, 0.1) is 6.42 Å². The van der Waals surface area contributed by atoms with Crippen molar-refractivity contribution in [1.29, 1.82) is 0 Å². The molecular formula is C32H36FeO2S-6. The molecule has 4 aromatic carbocycles. The summed E-state index contributed by atoms with van der Waals surface area (Å²) in [5.74, 6) is -0.205. The second-order valence-electron chi connectivity index (χ2n) is 8.68. The Morgan fingerprint density at radius 1 is 0.833 bits per heavy atom. The molecule has 196 valence electrons. The monoisotopic (exact) mass is 540 g/mol. The van der Waals surface area contributed by atoms with Gasteiger partial charge in [0.25, 0.3) is 0 Å². The molecule has 1 atom stereocenters. The van der Waals surface area contributed by atoms with E-state index in [0.29, 0.717) is 5.75 Å². The number of aryl methyl sites for hydroxylation is 1. The molecule has 1 unspecified atom stereocenters. The Hall–Kier alpha value is -2.52. The molecule has 0 heterocycles. The molecule has 0 aliphatic carbocycles. The molecule has 0 aliphatic heterocycles. The number of carboxylic acids is 1. The van der Waals surface area contributed by atoms with Gasteiger partial charge in [0, 0.05) is 27.6 Å². The van der Waals surface area contributed by atoms with Crippen LogP contribution in [0.2, 0.25) is 0 Å². The Kier molecular flexibility index (Phi) is 13.4.